The van der Waals surface area contributed by atoms with Crippen molar-refractivity contribution >= 4 is 28.5 Å². The van der Waals surface area contributed by atoms with E-state index in [0.29, 0.717) is 22.5 Å². The lowest BCUT2D eigenvalue weighted by Crippen LogP contribution is -2.30. The Hall–Kier alpha value is -3.66. The Bertz CT molecular complexity index is 1000. The van der Waals surface area contributed by atoms with Gasteiger partial charge in [-0.3, -0.25) is 9.59 Å². The van der Waals surface area contributed by atoms with Gasteiger partial charge in [-0.25, -0.2) is 0 Å². The van der Waals surface area contributed by atoms with E-state index in [1.165, 1.54) is 13.0 Å². The molecule has 0 unspecified atom stereocenters. The zero-order valence-corrected chi connectivity index (χ0v) is 13.9. The van der Waals surface area contributed by atoms with Crippen molar-refractivity contribution < 1.29 is 18.8 Å². The molecule has 1 N–H and O–H groups in total. The van der Waals surface area contributed by atoms with Crippen molar-refractivity contribution in [2.24, 2.45) is 0 Å². The Morgan fingerprint density at radius 1 is 1.27 bits per heavy atom. The molecule has 7 heteroatoms. The summed E-state index contributed by atoms with van der Waals surface area (Å²) in [4.78, 5) is 24.3. The summed E-state index contributed by atoms with van der Waals surface area (Å²) in [5.41, 5.74) is 1.92. The largest absolute Gasteiger partial charge is 0.452 e. The van der Waals surface area contributed by atoms with Crippen LogP contribution in [0.15, 0.2) is 53.1 Å². The van der Waals surface area contributed by atoms with Crippen LogP contribution in [0.4, 0.5) is 5.69 Å². The zero-order chi connectivity index (χ0) is 18.5. The number of benzene rings is 2. The van der Waals surface area contributed by atoms with Gasteiger partial charge in [-0.2, -0.15) is 5.26 Å². The molecular formula is C19H15N3O4. The van der Waals surface area contributed by atoms with E-state index in [-0.39, 0.29) is 6.42 Å². The summed E-state index contributed by atoms with van der Waals surface area (Å²) in [6.45, 7) is 1.47. The van der Waals surface area contributed by atoms with Crippen molar-refractivity contribution in [1.82, 2.24) is 5.16 Å². The van der Waals surface area contributed by atoms with Gasteiger partial charge >= 0.3 is 5.97 Å². The molecule has 130 valence electrons. The van der Waals surface area contributed by atoms with Crippen molar-refractivity contribution in [1.29, 1.82) is 5.26 Å². The Labute approximate surface area is 149 Å². The van der Waals surface area contributed by atoms with Crippen molar-refractivity contribution in [3.05, 3.63) is 59.8 Å². The summed E-state index contributed by atoms with van der Waals surface area (Å²) in [5.74, 6) is -1.07. The number of anilines is 1. The Morgan fingerprint density at radius 3 is 2.88 bits per heavy atom. The van der Waals surface area contributed by atoms with Crippen molar-refractivity contribution in [2.45, 2.75) is 19.4 Å². The quantitative estimate of drug-likeness (QED) is 0.710. The van der Waals surface area contributed by atoms with Gasteiger partial charge in [0.05, 0.1) is 18.1 Å². The second-order valence-corrected chi connectivity index (χ2v) is 5.62. The molecule has 1 atom stereocenters. The second kappa shape index (κ2) is 7.49. The van der Waals surface area contributed by atoms with E-state index in [4.69, 9.17) is 14.5 Å². The highest BCUT2D eigenvalue weighted by molar-refractivity contribution is 5.95. The molecule has 0 radical (unpaired) electrons. The van der Waals surface area contributed by atoms with E-state index in [9.17, 15) is 9.59 Å². The molecule has 3 rings (SSSR count). The number of hydrogen-bond acceptors (Lipinski definition) is 6. The van der Waals surface area contributed by atoms with Gasteiger partial charge in [-0.05, 0) is 37.3 Å². The van der Waals surface area contributed by atoms with Gasteiger partial charge in [0.15, 0.2) is 11.7 Å². The molecule has 0 aliphatic heterocycles. The topological polar surface area (TPSA) is 105 Å². The molecule has 1 heterocycles. The first kappa shape index (κ1) is 17.2. The summed E-state index contributed by atoms with van der Waals surface area (Å²) in [6.07, 6.45) is -1.09. The maximum atomic E-state index is 12.2. The Balaban J connectivity index is 1.60. The fourth-order valence-corrected chi connectivity index (χ4v) is 2.41. The summed E-state index contributed by atoms with van der Waals surface area (Å²) >= 11 is 0. The van der Waals surface area contributed by atoms with E-state index < -0.39 is 18.0 Å². The van der Waals surface area contributed by atoms with Crippen LogP contribution in [0, 0.1) is 11.3 Å². The van der Waals surface area contributed by atoms with E-state index in [0.717, 1.165) is 5.39 Å². The van der Waals surface area contributed by atoms with Crippen molar-refractivity contribution in [3.8, 4) is 6.07 Å². The highest BCUT2D eigenvalue weighted by atomic mass is 16.5. The van der Waals surface area contributed by atoms with Gasteiger partial charge < -0.3 is 14.6 Å². The third kappa shape index (κ3) is 3.87. The van der Waals surface area contributed by atoms with Crippen LogP contribution in [0.25, 0.3) is 11.0 Å². The number of para-hydroxylation sites is 1. The third-order valence-electron chi connectivity index (χ3n) is 3.70. The number of rotatable bonds is 5. The average molecular weight is 349 g/mol. The first-order chi connectivity index (χ1) is 12.6. The molecule has 0 saturated heterocycles. The summed E-state index contributed by atoms with van der Waals surface area (Å²) in [5, 5.41) is 16.1. The number of nitrogens with one attached hydrogen (secondary N) is 1. The summed E-state index contributed by atoms with van der Waals surface area (Å²) < 4.78 is 10.3. The maximum absolute atomic E-state index is 12.2. The molecule has 0 bridgehead atoms. The number of hydrogen-bond donors (Lipinski definition) is 1. The van der Waals surface area contributed by atoms with Gasteiger partial charge in [0, 0.05) is 11.1 Å². The van der Waals surface area contributed by atoms with Crippen LogP contribution in [0.2, 0.25) is 0 Å². The summed E-state index contributed by atoms with van der Waals surface area (Å²) in [7, 11) is 0. The molecule has 0 fully saturated rings. The van der Waals surface area contributed by atoms with E-state index in [2.05, 4.69) is 10.5 Å². The van der Waals surface area contributed by atoms with Crippen LogP contribution in [0.3, 0.4) is 0 Å². The normalized spacial score (nSPS) is 11.5. The Morgan fingerprint density at radius 2 is 2.08 bits per heavy atom. The van der Waals surface area contributed by atoms with Gasteiger partial charge in [0.1, 0.15) is 5.69 Å². The monoisotopic (exact) mass is 349 g/mol. The van der Waals surface area contributed by atoms with Gasteiger partial charge in [0.2, 0.25) is 0 Å². The number of nitriles is 1. The minimum absolute atomic E-state index is 0.0987. The molecule has 0 aliphatic rings. The van der Waals surface area contributed by atoms with E-state index in [1.54, 1.807) is 30.3 Å². The SMILES string of the molecule is C[C@H](OC(=O)Cc1noc2ccccc12)C(=O)Nc1cccc(C#N)c1. The predicted molar refractivity (Wildman–Crippen MR) is 93.1 cm³/mol. The molecule has 26 heavy (non-hydrogen) atoms. The highest BCUT2D eigenvalue weighted by Gasteiger charge is 2.20. The number of aromatic nitrogens is 1. The first-order valence-electron chi connectivity index (χ1n) is 7.90. The lowest BCUT2D eigenvalue weighted by molar-refractivity contribution is -0.152. The first-order valence-corrected chi connectivity index (χ1v) is 7.90. The number of carbonyl (C=O) groups excluding carboxylic acids is 2. The highest BCUT2D eigenvalue weighted by Crippen LogP contribution is 2.18. The minimum atomic E-state index is -0.994. The zero-order valence-electron chi connectivity index (χ0n) is 13.9. The van der Waals surface area contributed by atoms with E-state index in [1.807, 2.05) is 18.2 Å². The molecule has 1 aromatic heterocycles. The van der Waals surface area contributed by atoms with E-state index >= 15 is 0 Å². The molecular weight excluding hydrogens is 334 g/mol. The summed E-state index contributed by atoms with van der Waals surface area (Å²) in [6, 6.07) is 15.6. The molecule has 1 amide bonds. The van der Waals surface area contributed by atoms with Crippen LogP contribution in [-0.2, 0) is 20.7 Å². The predicted octanol–water partition coefficient (Wildman–Crippen LogP) is 2.81. The lowest BCUT2D eigenvalue weighted by atomic mass is 10.2. The molecule has 2 aromatic carbocycles. The molecule has 7 nitrogen and oxygen atoms in total. The molecule has 3 aromatic rings. The van der Waals surface area contributed by atoms with Crippen LogP contribution in [0.1, 0.15) is 18.2 Å². The Kier molecular flexibility index (Phi) is 4.94. The van der Waals surface area contributed by atoms with Gasteiger partial charge in [-0.15, -0.1) is 0 Å². The maximum Gasteiger partial charge on any atom is 0.312 e. The van der Waals surface area contributed by atoms with Gasteiger partial charge in [0.25, 0.3) is 5.91 Å². The fourth-order valence-electron chi connectivity index (χ4n) is 2.41. The van der Waals surface area contributed by atoms with Crippen molar-refractivity contribution in [2.75, 3.05) is 5.32 Å². The molecule has 0 spiro atoms. The fraction of sp³-hybridized carbons (Fsp3) is 0.158. The van der Waals surface area contributed by atoms with Crippen LogP contribution in [-0.4, -0.2) is 23.1 Å². The standard InChI is InChI=1S/C19H15N3O4/c1-12(19(24)21-14-6-4-5-13(9-14)11-20)25-18(23)10-16-15-7-2-3-8-17(15)26-22-16/h2-9,12H,10H2,1H3,(H,21,24)/t12-/m0/s1. The third-order valence-corrected chi connectivity index (χ3v) is 3.70. The average Bonchev–Trinajstić information content (AvgIpc) is 3.04. The number of ether oxygens (including phenoxy) is 1. The van der Waals surface area contributed by atoms with Crippen LogP contribution >= 0.6 is 0 Å². The number of fused-ring (bicyclic) bond motifs is 1. The smallest absolute Gasteiger partial charge is 0.312 e. The number of amides is 1. The molecule has 0 saturated carbocycles. The minimum Gasteiger partial charge on any atom is -0.452 e. The van der Waals surface area contributed by atoms with Crippen molar-refractivity contribution in [3.63, 3.8) is 0 Å². The second-order valence-electron chi connectivity index (χ2n) is 5.62. The van der Waals surface area contributed by atoms with Crippen LogP contribution < -0.4 is 5.32 Å². The van der Waals surface area contributed by atoms with Crippen LogP contribution in [0.5, 0.6) is 0 Å². The lowest BCUT2D eigenvalue weighted by Gasteiger charge is -2.13. The number of esters is 1. The van der Waals surface area contributed by atoms with Gasteiger partial charge in [-0.1, -0.05) is 23.4 Å². The number of carbonyl (C=O) groups is 2. The number of nitrogens with zero attached hydrogens (tertiary/aromatic N) is 2. The molecule has 0 aliphatic carbocycles.